The van der Waals surface area contributed by atoms with Gasteiger partial charge in [-0.25, -0.2) is 8.42 Å². The molecule has 0 bridgehead atoms. The van der Waals surface area contributed by atoms with E-state index >= 15 is 0 Å². The van der Waals surface area contributed by atoms with Crippen molar-refractivity contribution in [1.29, 1.82) is 0 Å². The van der Waals surface area contributed by atoms with Gasteiger partial charge < -0.3 is 10.5 Å². The second-order valence-electron chi connectivity index (χ2n) is 5.50. The number of non-ortho nitro benzene ring substituents is 1. The van der Waals surface area contributed by atoms with Gasteiger partial charge in [-0.15, -0.1) is 0 Å². The van der Waals surface area contributed by atoms with Gasteiger partial charge in [-0.05, 0) is 12.0 Å². The highest BCUT2D eigenvalue weighted by Crippen LogP contribution is 2.17. The summed E-state index contributed by atoms with van der Waals surface area (Å²) < 4.78 is 31.7. The lowest BCUT2D eigenvalue weighted by molar-refractivity contribution is -0.384. The molecule has 140 valence electrons. The number of sulfonamides is 1. The van der Waals surface area contributed by atoms with Crippen molar-refractivity contribution in [3.8, 4) is 0 Å². The van der Waals surface area contributed by atoms with Crippen LogP contribution in [0.2, 0.25) is 0 Å². The lowest BCUT2D eigenvalue weighted by Gasteiger charge is -2.21. The molecule has 0 saturated heterocycles. The molecule has 25 heavy (non-hydrogen) atoms. The zero-order valence-corrected chi connectivity index (χ0v) is 15.7. The van der Waals surface area contributed by atoms with Gasteiger partial charge in [-0.3, -0.25) is 10.1 Å². The van der Waals surface area contributed by atoms with Crippen molar-refractivity contribution in [2.24, 2.45) is 5.73 Å². The number of hydrogen-bond acceptors (Lipinski definition) is 6. The molecular formula is C15H23N3O5S2. The average molecular weight is 389 g/mol. The number of rotatable bonds is 12. The zero-order chi connectivity index (χ0) is 18.9. The van der Waals surface area contributed by atoms with Crippen LogP contribution in [-0.2, 0) is 20.5 Å². The van der Waals surface area contributed by atoms with Crippen LogP contribution < -0.4 is 5.73 Å². The number of nitrogens with two attached hydrogens (primary N) is 1. The maximum Gasteiger partial charge on any atom is 0.269 e. The number of thiocarbonyl (C=S) groups is 1. The molecule has 0 aliphatic carbocycles. The van der Waals surface area contributed by atoms with E-state index in [1.54, 1.807) is 0 Å². The van der Waals surface area contributed by atoms with Gasteiger partial charge in [0.15, 0.2) is 0 Å². The summed E-state index contributed by atoms with van der Waals surface area (Å²) in [4.78, 5) is 10.3. The summed E-state index contributed by atoms with van der Waals surface area (Å²) in [6.07, 6.45) is 2.86. The summed E-state index contributed by atoms with van der Waals surface area (Å²) in [5, 5.41) is 10.8. The van der Waals surface area contributed by atoms with Crippen molar-refractivity contribution in [3.63, 3.8) is 0 Å². The number of benzene rings is 1. The Labute approximate surface area is 153 Å². The quantitative estimate of drug-likeness (QED) is 0.191. The second-order valence-corrected chi connectivity index (χ2v) is 8.00. The molecular weight excluding hydrogens is 366 g/mol. The van der Waals surface area contributed by atoms with Crippen molar-refractivity contribution >= 4 is 32.9 Å². The minimum absolute atomic E-state index is 0.0276. The molecule has 2 N–H and O–H groups in total. The zero-order valence-electron chi connectivity index (χ0n) is 14.1. The Bertz CT molecular complexity index is 694. The molecule has 0 saturated carbocycles. The monoisotopic (exact) mass is 389 g/mol. The second kappa shape index (κ2) is 10.4. The number of nitro groups is 1. The Balaban J connectivity index is 2.82. The van der Waals surface area contributed by atoms with Crippen molar-refractivity contribution < 1.29 is 18.1 Å². The number of ether oxygens (including phenoxy) is 1. The van der Waals surface area contributed by atoms with E-state index in [-0.39, 0.29) is 24.0 Å². The lowest BCUT2D eigenvalue weighted by atomic mass is 10.2. The molecule has 1 aromatic rings. The Morgan fingerprint density at radius 2 is 2.12 bits per heavy atom. The van der Waals surface area contributed by atoms with Gasteiger partial charge in [0.1, 0.15) is 6.73 Å². The molecule has 0 heterocycles. The molecule has 0 amide bonds. The third-order valence-corrected chi connectivity index (χ3v) is 5.17. The highest BCUT2D eigenvalue weighted by atomic mass is 32.2. The van der Waals surface area contributed by atoms with Crippen LogP contribution in [0.4, 0.5) is 5.69 Å². The first-order chi connectivity index (χ1) is 11.8. The maximum atomic E-state index is 12.6. The maximum absolute atomic E-state index is 12.6. The predicted molar refractivity (Wildman–Crippen MR) is 99.6 cm³/mol. The average Bonchev–Trinajstić information content (AvgIpc) is 2.53. The van der Waals surface area contributed by atoms with Crippen LogP contribution in [-0.4, -0.2) is 42.5 Å². The molecule has 0 aliphatic heterocycles. The summed E-state index contributed by atoms with van der Waals surface area (Å²) in [5.41, 5.74) is 5.63. The summed E-state index contributed by atoms with van der Waals surface area (Å²) in [7, 11) is -3.79. The minimum atomic E-state index is -3.79. The number of nitrogens with zero attached hydrogens (tertiary/aromatic N) is 2. The van der Waals surface area contributed by atoms with Crippen molar-refractivity contribution in [1.82, 2.24) is 4.31 Å². The Morgan fingerprint density at radius 1 is 1.40 bits per heavy atom. The van der Waals surface area contributed by atoms with Crippen molar-refractivity contribution in [2.75, 3.05) is 19.9 Å². The Kier molecular flexibility index (Phi) is 8.90. The van der Waals surface area contributed by atoms with Crippen LogP contribution in [0, 0.1) is 10.1 Å². The van der Waals surface area contributed by atoms with E-state index in [4.69, 9.17) is 22.7 Å². The molecule has 0 spiro atoms. The van der Waals surface area contributed by atoms with E-state index in [2.05, 4.69) is 6.92 Å². The first-order valence-electron chi connectivity index (χ1n) is 7.83. The number of unbranched alkanes of at least 4 members (excludes halogenated alkanes) is 2. The molecule has 0 fully saturated rings. The first kappa shape index (κ1) is 21.4. The van der Waals surface area contributed by atoms with E-state index < -0.39 is 20.7 Å². The highest BCUT2D eigenvalue weighted by Gasteiger charge is 2.24. The Hall–Kier alpha value is -1.62. The molecule has 1 aromatic carbocycles. The third kappa shape index (κ3) is 7.86. The smallest absolute Gasteiger partial charge is 0.269 e. The number of hydrogen-bond donors (Lipinski definition) is 1. The van der Waals surface area contributed by atoms with E-state index in [1.165, 1.54) is 24.3 Å². The van der Waals surface area contributed by atoms with E-state index in [0.717, 1.165) is 23.6 Å². The normalized spacial score (nSPS) is 11.6. The summed E-state index contributed by atoms with van der Waals surface area (Å²) >= 11 is 4.81. The standard InChI is InChI=1S/C15H23N3O5S2/c1-2-3-4-8-23-12-17(10-15(16)24)25(21,22)11-13-6-5-7-14(9-13)18(19)20/h5-7,9H,2-4,8,10-12H2,1H3,(H2,16,24). The highest BCUT2D eigenvalue weighted by molar-refractivity contribution is 7.88. The van der Waals surface area contributed by atoms with Crippen molar-refractivity contribution in [2.45, 2.75) is 31.9 Å². The molecule has 8 nitrogen and oxygen atoms in total. The fourth-order valence-corrected chi connectivity index (χ4v) is 3.67. The SMILES string of the molecule is CCCCCOCN(CC(N)=S)S(=O)(=O)Cc1cccc([N+](=O)[O-])c1. The van der Waals surface area contributed by atoms with Gasteiger partial charge in [-0.1, -0.05) is 44.1 Å². The third-order valence-electron chi connectivity index (χ3n) is 3.32. The molecule has 10 heteroatoms. The van der Waals surface area contributed by atoms with Gasteiger partial charge in [0.05, 0.1) is 22.2 Å². The van der Waals surface area contributed by atoms with Crippen LogP contribution in [0.1, 0.15) is 31.7 Å². The molecule has 1 rings (SSSR count). The fraction of sp³-hybridized carbons (Fsp3) is 0.533. The summed E-state index contributed by atoms with van der Waals surface area (Å²) in [5.74, 6) is -0.393. The molecule has 0 aliphatic rings. The summed E-state index contributed by atoms with van der Waals surface area (Å²) in [6.45, 7) is 2.20. The topological polar surface area (TPSA) is 116 Å². The lowest BCUT2D eigenvalue weighted by Crippen LogP contribution is -2.40. The van der Waals surface area contributed by atoms with E-state index in [0.29, 0.717) is 12.2 Å². The molecule has 0 atom stereocenters. The predicted octanol–water partition coefficient (Wildman–Crippen LogP) is 2.18. The molecule has 0 unspecified atom stereocenters. The van der Waals surface area contributed by atoms with Crippen LogP contribution in [0.5, 0.6) is 0 Å². The van der Waals surface area contributed by atoms with Gasteiger partial charge in [0.2, 0.25) is 10.0 Å². The van der Waals surface area contributed by atoms with Gasteiger partial charge in [0, 0.05) is 18.7 Å². The Morgan fingerprint density at radius 3 is 2.72 bits per heavy atom. The van der Waals surface area contributed by atoms with E-state index in [1.807, 2.05) is 0 Å². The molecule has 0 radical (unpaired) electrons. The van der Waals surface area contributed by atoms with Gasteiger partial charge >= 0.3 is 0 Å². The van der Waals surface area contributed by atoms with Gasteiger partial charge in [0.25, 0.3) is 5.69 Å². The van der Waals surface area contributed by atoms with Crippen LogP contribution in [0.3, 0.4) is 0 Å². The fourth-order valence-electron chi connectivity index (χ4n) is 2.08. The van der Waals surface area contributed by atoms with E-state index in [9.17, 15) is 18.5 Å². The summed E-state index contributed by atoms with van der Waals surface area (Å²) in [6, 6.07) is 5.51. The van der Waals surface area contributed by atoms with Crippen LogP contribution in [0.15, 0.2) is 24.3 Å². The van der Waals surface area contributed by atoms with Crippen LogP contribution >= 0.6 is 12.2 Å². The molecule has 0 aromatic heterocycles. The van der Waals surface area contributed by atoms with Crippen molar-refractivity contribution in [3.05, 3.63) is 39.9 Å². The number of nitro benzene ring substituents is 1. The van der Waals surface area contributed by atoms with Crippen LogP contribution in [0.25, 0.3) is 0 Å². The minimum Gasteiger partial charge on any atom is -0.392 e. The first-order valence-corrected chi connectivity index (χ1v) is 9.85. The largest absolute Gasteiger partial charge is 0.392 e. The van der Waals surface area contributed by atoms with Gasteiger partial charge in [-0.2, -0.15) is 4.31 Å².